The topological polar surface area (TPSA) is 49.6 Å². The van der Waals surface area contributed by atoms with E-state index in [1.807, 2.05) is 7.05 Å². The zero-order chi connectivity index (χ0) is 7.56. The Morgan fingerprint density at radius 1 is 1.30 bits per heavy atom. The monoisotopic (exact) mass is 145 g/mol. The van der Waals surface area contributed by atoms with Gasteiger partial charge in [0.05, 0.1) is 13.1 Å². The molecule has 1 saturated heterocycles. The van der Waals surface area contributed by atoms with Gasteiger partial charge in [-0.05, 0) is 7.05 Å². The molecule has 1 fully saturated rings. The van der Waals surface area contributed by atoms with Gasteiger partial charge in [0, 0.05) is 13.1 Å². The molecule has 0 saturated carbocycles. The molecule has 10 heavy (non-hydrogen) atoms. The van der Waals surface area contributed by atoms with Gasteiger partial charge in [-0.3, -0.25) is 0 Å². The summed E-state index contributed by atoms with van der Waals surface area (Å²) in [6.07, 6.45) is 0. The minimum atomic E-state index is -0.326. The molecule has 5 heteroatoms. The lowest BCUT2D eigenvalue weighted by atomic mass is 10.4. The Balaban J connectivity index is 2.33. The van der Waals surface area contributed by atoms with Gasteiger partial charge in [0.2, 0.25) is 0 Å². The molecule has 58 valence electrons. The molecule has 0 amide bonds. The van der Waals surface area contributed by atoms with Gasteiger partial charge in [-0.2, -0.15) is 0 Å². The van der Waals surface area contributed by atoms with Crippen LogP contribution in [0.3, 0.4) is 0 Å². The molecule has 5 nitrogen and oxygen atoms in total. The van der Waals surface area contributed by atoms with Crippen LogP contribution >= 0.6 is 0 Å². The number of nitrogens with zero attached hydrogens (tertiary/aromatic N) is 3. The molecule has 1 heterocycles. The van der Waals surface area contributed by atoms with E-state index in [2.05, 4.69) is 4.90 Å². The van der Waals surface area contributed by atoms with E-state index in [1.54, 1.807) is 0 Å². The van der Waals surface area contributed by atoms with E-state index in [1.165, 1.54) is 5.01 Å². The third kappa shape index (κ3) is 1.57. The molecule has 0 unspecified atom stereocenters. The second-order valence-electron chi connectivity index (χ2n) is 2.49. The molecule has 0 aromatic rings. The lowest BCUT2D eigenvalue weighted by molar-refractivity contribution is -0.657. The maximum Gasteiger partial charge on any atom is 0.160 e. The van der Waals surface area contributed by atoms with Crippen LogP contribution in [0.2, 0.25) is 0 Å². The average molecular weight is 145 g/mol. The Morgan fingerprint density at radius 2 is 1.80 bits per heavy atom. The lowest BCUT2D eigenvalue weighted by Crippen LogP contribution is -2.46. The number of hydrogen-bond acceptors (Lipinski definition) is 3. The van der Waals surface area contributed by atoms with Crippen molar-refractivity contribution in [2.24, 2.45) is 0 Å². The quantitative estimate of drug-likeness (QED) is 0.366. The van der Waals surface area contributed by atoms with Crippen LogP contribution in [0, 0.1) is 10.1 Å². The summed E-state index contributed by atoms with van der Waals surface area (Å²) in [6.45, 7) is 2.68. The van der Waals surface area contributed by atoms with Crippen molar-refractivity contribution in [3.8, 4) is 0 Å². The predicted octanol–water partition coefficient (Wildman–Crippen LogP) is -0.574. The molecular weight excluding hydrogens is 134 g/mol. The third-order valence-electron chi connectivity index (χ3n) is 1.71. The first-order valence-electron chi connectivity index (χ1n) is 3.28. The van der Waals surface area contributed by atoms with Crippen molar-refractivity contribution in [3.05, 3.63) is 10.1 Å². The summed E-state index contributed by atoms with van der Waals surface area (Å²) in [6, 6.07) is 0. The van der Waals surface area contributed by atoms with Crippen LogP contribution in [0.15, 0.2) is 0 Å². The molecule has 0 aliphatic carbocycles. The van der Waals surface area contributed by atoms with E-state index < -0.39 is 0 Å². The number of hydrazine groups is 1. The summed E-state index contributed by atoms with van der Waals surface area (Å²) < 4.78 is 0. The van der Waals surface area contributed by atoms with E-state index in [9.17, 15) is 10.1 Å². The van der Waals surface area contributed by atoms with E-state index in [0.717, 1.165) is 13.1 Å². The lowest BCUT2D eigenvalue weighted by Gasteiger charge is -2.26. The third-order valence-corrected chi connectivity index (χ3v) is 1.71. The van der Waals surface area contributed by atoms with Gasteiger partial charge < -0.3 is 4.90 Å². The highest BCUT2D eigenvalue weighted by Crippen LogP contribution is 1.97. The van der Waals surface area contributed by atoms with E-state index in [4.69, 9.17) is 0 Å². The maximum atomic E-state index is 10.2. The molecule has 1 aliphatic heterocycles. The first-order chi connectivity index (χ1) is 4.70. The SMILES string of the molecule is CN1CCN([N+](=O)[O-])CC1. The molecule has 0 bridgehead atoms. The van der Waals surface area contributed by atoms with Gasteiger partial charge in [0.25, 0.3) is 0 Å². The minimum absolute atomic E-state index is 0.326. The van der Waals surface area contributed by atoms with Crippen molar-refractivity contribution in [1.29, 1.82) is 0 Å². The Bertz CT molecular complexity index is 131. The second-order valence-corrected chi connectivity index (χ2v) is 2.49. The smallest absolute Gasteiger partial charge is 0.160 e. The van der Waals surface area contributed by atoms with Crippen molar-refractivity contribution >= 4 is 0 Å². The first-order valence-corrected chi connectivity index (χ1v) is 3.28. The van der Waals surface area contributed by atoms with Gasteiger partial charge in [0.1, 0.15) is 0 Å². The van der Waals surface area contributed by atoms with Crippen LogP contribution in [-0.2, 0) is 0 Å². The fraction of sp³-hybridized carbons (Fsp3) is 1.00. The summed E-state index contributed by atoms with van der Waals surface area (Å²) in [5.74, 6) is 0. The summed E-state index contributed by atoms with van der Waals surface area (Å²) in [4.78, 5) is 12.3. The summed E-state index contributed by atoms with van der Waals surface area (Å²) >= 11 is 0. The number of likely N-dealkylation sites (N-methyl/N-ethyl adjacent to an activating group) is 1. The largest absolute Gasteiger partial charge is 0.302 e. The highest BCUT2D eigenvalue weighted by Gasteiger charge is 2.19. The Labute approximate surface area is 59.3 Å². The molecular formula is C5H11N3O2. The van der Waals surface area contributed by atoms with Crippen molar-refractivity contribution in [2.75, 3.05) is 33.2 Å². The Hall–Kier alpha value is -0.840. The van der Waals surface area contributed by atoms with Crippen molar-refractivity contribution in [3.63, 3.8) is 0 Å². The molecule has 1 rings (SSSR count). The molecule has 0 aromatic carbocycles. The van der Waals surface area contributed by atoms with E-state index in [-0.39, 0.29) is 5.03 Å². The van der Waals surface area contributed by atoms with Crippen molar-refractivity contribution in [2.45, 2.75) is 0 Å². The average Bonchev–Trinajstić information content (AvgIpc) is 1.88. The molecule has 0 atom stereocenters. The fourth-order valence-electron chi connectivity index (χ4n) is 0.959. The van der Waals surface area contributed by atoms with Gasteiger partial charge in [0.15, 0.2) is 5.03 Å². The molecule has 0 aromatic heterocycles. The van der Waals surface area contributed by atoms with Gasteiger partial charge in [-0.15, -0.1) is 5.01 Å². The Kier molecular flexibility index (Phi) is 2.06. The normalized spacial score (nSPS) is 21.1. The van der Waals surface area contributed by atoms with Crippen LogP contribution in [0.1, 0.15) is 0 Å². The standard InChI is InChI=1S/C5H11N3O2/c1-6-2-4-7(5-3-6)8(9)10/h2-5H2,1H3. The zero-order valence-electron chi connectivity index (χ0n) is 5.99. The molecule has 0 radical (unpaired) electrons. The van der Waals surface area contributed by atoms with Crippen molar-refractivity contribution in [1.82, 2.24) is 9.91 Å². The fourth-order valence-corrected chi connectivity index (χ4v) is 0.959. The van der Waals surface area contributed by atoms with E-state index in [0.29, 0.717) is 13.1 Å². The molecule has 0 spiro atoms. The van der Waals surface area contributed by atoms with Crippen LogP contribution in [0.25, 0.3) is 0 Å². The Morgan fingerprint density at radius 3 is 2.20 bits per heavy atom. The van der Waals surface area contributed by atoms with Gasteiger partial charge >= 0.3 is 0 Å². The molecule has 1 aliphatic rings. The predicted molar refractivity (Wildman–Crippen MR) is 36.1 cm³/mol. The highest BCUT2D eigenvalue weighted by molar-refractivity contribution is 4.61. The van der Waals surface area contributed by atoms with Crippen LogP contribution in [-0.4, -0.2) is 48.2 Å². The van der Waals surface area contributed by atoms with Crippen LogP contribution in [0.5, 0.6) is 0 Å². The second kappa shape index (κ2) is 2.83. The highest BCUT2D eigenvalue weighted by atomic mass is 16.7. The van der Waals surface area contributed by atoms with E-state index >= 15 is 0 Å². The van der Waals surface area contributed by atoms with Crippen LogP contribution < -0.4 is 0 Å². The first kappa shape index (κ1) is 7.27. The maximum absolute atomic E-state index is 10.2. The number of piperazine rings is 1. The summed E-state index contributed by atoms with van der Waals surface area (Å²) in [5.41, 5.74) is 0. The molecule has 0 N–H and O–H groups in total. The number of nitro groups is 1. The number of rotatable bonds is 1. The summed E-state index contributed by atoms with van der Waals surface area (Å²) in [5, 5.41) is 11.1. The summed E-state index contributed by atoms with van der Waals surface area (Å²) in [7, 11) is 1.97. The minimum Gasteiger partial charge on any atom is -0.302 e. The van der Waals surface area contributed by atoms with Gasteiger partial charge in [-0.25, -0.2) is 10.1 Å². The zero-order valence-corrected chi connectivity index (χ0v) is 5.99. The number of hydrogen-bond donors (Lipinski definition) is 0. The van der Waals surface area contributed by atoms with Crippen molar-refractivity contribution < 1.29 is 5.03 Å². The van der Waals surface area contributed by atoms with Gasteiger partial charge in [-0.1, -0.05) is 0 Å². The van der Waals surface area contributed by atoms with Crippen LogP contribution in [0.4, 0.5) is 0 Å².